The van der Waals surface area contributed by atoms with Crippen molar-refractivity contribution in [3.8, 4) is 0 Å². The number of amides is 2. The second-order valence-electron chi connectivity index (χ2n) is 5.74. The van der Waals surface area contributed by atoms with Gasteiger partial charge in [-0.2, -0.15) is 0 Å². The van der Waals surface area contributed by atoms with Crippen LogP contribution < -0.4 is 5.32 Å². The molecule has 0 saturated carbocycles. The van der Waals surface area contributed by atoms with E-state index in [0.717, 1.165) is 16.7 Å². The van der Waals surface area contributed by atoms with Crippen molar-refractivity contribution in [2.75, 3.05) is 18.4 Å². The first-order valence-corrected chi connectivity index (χ1v) is 8.07. The highest BCUT2D eigenvalue weighted by Crippen LogP contribution is 2.14. The normalized spacial score (nSPS) is 10.3. The Kier molecular flexibility index (Phi) is 6.07. The van der Waals surface area contributed by atoms with Gasteiger partial charge in [0, 0.05) is 31.2 Å². The van der Waals surface area contributed by atoms with E-state index >= 15 is 0 Å². The van der Waals surface area contributed by atoms with Crippen LogP contribution in [-0.4, -0.2) is 34.8 Å². The predicted molar refractivity (Wildman–Crippen MR) is 94.7 cm³/mol. The Hall–Kier alpha value is -2.69. The summed E-state index contributed by atoms with van der Waals surface area (Å²) in [6.07, 6.45) is 4.14. The summed E-state index contributed by atoms with van der Waals surface area (Å²) in [5, 5.41) is 2.68. The maximum Gasteiger partial charge on any atom is 0.313 e. The summed E-state index contributed by atoms with van der Waals surface area (Å²) in [7, 11) is 0. The summed E-state index contributed by atoms with van der Waals surface area (Å²) < 4.78 is 0. The lowest BCUT2D eigenvalue weighted by Crippen LogP contribution is -2.40. The number of benzene rings is 1. The fourth-order valence-corrected chi connectivity index (χ4v) is 2.36. The van der Waals surface area contributed by atoms with Crippen molar-refractivity contribution in [3.05, 3.63) is 59.4 Å². The standard InChI is InChI=1S/C19H23N3O2/c1-4-22(12-9-16-7-10-20-11-8-16)19(24)18(23)21-17-6-5-14(2)15(3)13-17/h5-8,10-11,13H,4,9,12H2,1-3H3,(H,21,23). The summed E-state index contributed by atoms with van der Waals surface area (Å²) in [5.74, 6) is -1.11. The first kappa shape index (κ1) is 17.7. The molecule has 0 unspecified atom stereocenters. The molecule has 2 amide bonds. The monoisotopic (exact) mass is 325 g/mol. The topological polar surface area (TPSA) is 62.3 Å². The molecule has 1 aromatic carbocycles. The average Bonchev–Trinajstić information content (AvgIpc) is 2.59. The lowest BCUT2D eigenvalue weighted by atomic mass is 10.1. The smallest absolute Gasteiger partial charge is 0.313 e. The number of aryl methyl sites for hydroxylation is 2. The van der Waals surface area contributed by atoms with Crippen LogP contribution in [0.1, 0.15) is 23.6 Å². The fraction of sp³-hybridized carbons (Fsp3) is 0.316. The Balaban J connectivity index is 1.96. The van der Waals surface area contributed by atoms with Gasteiger partial charge in [0.2, 0.25) is 0 Å². The van der Waals surface area contributed by atoms with E-state index in [-0.39, 0.29) is 0 Å². The van der Waals surface area contributed by atoms with Crippen molar-refractivity contribution >= 4 is 17.5 Å². The van der Waals surface area contributed by atoms with Gasteiger partial charge in [-0.25, -0.2) is 0 Å². The number of aromatic nitrogens is 1. The van der Waals surface area contributed by atoms with Crippen molar-refractivity contribution in [2.24, 2.45) is 0 Å². The molecule has 0 aliphatic rings. The van der Waals surface area contributed by atoms with E-state index in [0.29, 0.717) is 25.2 Å². The Bertz CT molecular complexity index is 714. The average molecular weight is 325 g/mol. The molecule has 2 aromatic rings. The van der Waals surface area contributed by atoms with Gasteiger partial charge < -0.3 is 10.2 Å². The largest absolute Gasteiger partial charge is 0.334 e. The first-order chi connectivity index (χ1) is 11.5. The van der Waals surface area contributed by atoms with Gasteiger partial charge in [0.1, 0.15) is 0 Å². The molecular formula is C19H23N3O2. The maximum absolute atomic E-state index is 12.4. The van der Waals surface area contributed by atoms with Crippen LogP contribution in [0.4, 0.5) is 5.69 Å². The third kappa shape index (κ3) is 4.65. The summed E-state index contributed by atoms with van der Waals surface area (Å²) in [6, 6.07) is 9.42. The molecule has 0 bridgehead atoms. The molecule has 0 saturated heterocycles. The lowest BCUT2D eigenvalue weighted by molar-refractivity contribution is -0.143. The number of carbonyl (C=O) groups excluding carboxylic acids is 2. The van der Waals surface area contributed by atoms with Gasteiger partial charge in [0.05, 0.1) is 0 Å². The van der Waals surface area contributed by atoms with Crippen LogP contribution in [0.3, 0.4) is 0 Å². The van der Waals surface area contributed by atoms with Crippen LogP contribution in [0.2, 0.25) is 0 Å². The fourth-order valence-electron chi connectivity index (χ4n) is 2.36. The van der Waals surface area contributed by atoms with Crippen molar-refractivity contribution in [1.29, 1.82) is 0 Å². The SMILES string of the molecule is CCN(CCc1ccncc1)C(=O)C(=O)Nc1ccc(C)c(C)c1. The highest BCUT2D eigenvalue weighted by molar-refractivity contribution is 6.39. The van der Waals surface area contributed by atoms with Crippen molar-refractivity contribution < 1.29 is 9.59 Å². The molecule has 5 nitrogen and oxygen atoms in total. The Labute approximate surface area is 142 Å². The van der Waals surface area contributed by atoms with Crippen molar-refractivity contribution in [1.82, 2.24) is 9.88 Å². The summed E-state index contributed by atoms with van der Waals surface area (Å²) >= 11 is 0. The van der Waals surface area contributed by atoms with Gasteiger partial charge in [0.25, 0.3) is 0 Å². The van der Waals surface area contributed by atoms with Crippen LogP contribution in [-0.2, 0) is 16.0 Å². The third-order valence-electron chi connectivity index (χ3n) is 4.05. The molecule has 0 spiro atoms. The molecular weight excluding hydrogens is 302 g/mol. The lowest BCUT2D eigenvalue weighted by Gasteiger charge is -2.20. The predicted octanol–water partition coefficient (Wildman–Crippen LogP) is 2.73. The van der Waals surface area contributed by atoms with Crippen LogP contribution in [0.25, 0.3) is 0 Å². The minimum atomic E-state index is -0.602. The van der Waals surface area contributed by atoms with Crippen LogP contribution in [0, 0.1) is 13.8 Å². The summed E-state index contributed by atoms with van der Waals surface area (Å²) in [5.41, 5.74) is 3.95. The Morgan fingerprint density at radius 2 is 1.79 bits per heavy atom. The molecule has 1 N–H and O–H groups in total. The number of anilines is 1. The number of carbonyl (C=O) groups is 2. The molecule has 5 heteroatoms. The van der Waals surface area contributed by atoms with E-state index in [1.165, 1.54) is 0 Å². The summed E-state index contributed by atoms with van der Waals surface area (Å²) in [6.45, 7) is 6.83. The van der Waals surface area contributed by atoms with Gasteiger partial charge in [0.15, 0.2) is 0 Å². The van der Waals surface area contributed by atoms with Gasteiger partial charge in [-0.3, -0.25) is 14.6 Å². The van der Waals surface area contributed by atoms with Gasteiger partial charge >= 0.3 is 11.8 Å². The van der Waals surface area contributed by atoms with Crippen molar-refractivity contribution in [2.45, 2.75) is 27.2 Å². The van der Waals surface area contributed by atoms with Gasteiger partial charge in [-0.05, 0) is 68.1 Å². The zero-order chi connectivity index (χ0) is 17.5. The first-order valence-electron chi connectivity index (χ1n) is 8.07. The number of hydrogen-bond donors (Lipinski definition) is 1. The zero-order valence-corrected chi connectivity index (χ0v) is 14.4. The molecule has 0 fully saturated rings. The number of nitrogens with one attached hydrogen (secondary N) is 1. The minimum Gasteiger partial charge on any atom is -0.334 e. The minimum absolute atomic E-state index is 0.490. The van der Waals surface area contributed by atoms with E-state index in [9.17, 15) is 9.59 Å². The quantitative estimate of drug-likeness (QED) is 0.860. The Morgan fingerprint density at radius 3 is 2.42 bits per heavy atom. The van der Waals surface area contributed by atoms with E-state index in [4.69, 9.17) is 0 Å². The molecule has 1 aromatic heterocycles. The van der Waals surface area contributed by atoms with E-state index in [2.05, 4.69) is 10.3 Å². The number of rotatable bonds is 5. The second-order valence-corrected chi connectivity index (χ2v) is 5.74. The molecule has 0 atom stereocenters. The molecule has 0 aliphatic carbocycles. The summed E-state index contributed by atoms with van der Waals surface area (Å²) in [4.78, 5) is 30.1. The van der Waals surface area contributed by atoms with Crippen LogP contribution in [0.5, 0.6) is 0 Å². The van der Waals surface area contributed by atoms with Gasteiger partial charge in [-0.1, -0.05) is 6.07 Å². The zero-order valence-electron chi connectivity index (χ0n) is 14.4. The second kappa shape index (κ2) is 8.24. The van der Waals surface area contributed by atoms with E-state index in [1.54, 1.807) is 23.4 Å². The van der Waals surface area contributed by atoms with E-state index < -0.39 is 11.8 Å². The maximum atomic E-state index is 12.4. The van der Waals surface area contributed by atoms with Crippen molar-refractivity contribution in [3.63, 3.8) is 0 Å². The highest BCUT2D eigenvalue weighted by atomic mass is 16.2. The molecule has 0 radical (unpaired) electrons. The molecule has 1 heterocycles. The highest BCUT2D eigenvalue weighted by Gasteiger charge is 2.20. The Morgan fingerprint density at radius 1 is 1.08 bits per heavy atom. The van der Waals surface area contributed by atoms with E-state index in [1.807, 2.05) is 45.0 Å². The van der Waals surface area contributed by atoms with Crippen LogP contribution >= 0.6 is 0 Å². The molecule has 126 valence electrons. The molecule has 0 aliphatic heterocycles. The van der Waals surface area contributed by atoms with Gasteiger partial charge in [-0.15, -0.1) is 0 Å². The number of nitrogens with zero attached hydrogens (tertiary/aromatic N) is 2. The number of pyridine rings is 1. The number of hydrogen-bond acceptors (Lipinski definition) is 3. The molecule has 2 rings (SSSR count). The third-order valence-corrected chi connectivity index (χ3v) is 4.05. The number of likely N-dealkylation sites (N-methyl/N-ethyl adjacent to an activating group) is 1. The van der Waals surface area contributed by atoms with Crippen LogP contribution in [0.15, 0.2) is 42.7 Å². The molecule has 24 heavy (non-hydrogen) atoms.